The van der Waals surface area contributed by atoms with E-state index in [4.69, 9.17) is 4.74 Å². The number of nitrogens with zero attached hydrogens (tertiary/aromatic N) is 4. The lowest BCUT2D eigenvalue weighted by Crippen LogP contribution is -2.41. The molecule has 1 N–H and O–H groups in total. The van der Waals surface area contributed by atoms with Crippen molar-refractivity contribution in [3.05, 3.63) is 47.0 Å². The van der Waals surface area contributed by atoms with Crippen LogP contribution in [0.3, 0.4) is 0 Å². The maximum atomic E-state index is 13.0. The highest BCUT2D eigenvalue weighted by Gasteiger charge is 2.46. The van der Waals surface area contributed by atoms with Crippen molar-refractivity contribution < 1.29 is 14.3 Å². The predicted molar refractivity (Wildman–Crippen MR) is 106 cm³/mol. The van der Waals surface area contributed by atoms with E-state index in [1.165, 1.54) is 0 Å². The number of hydrogen-bond donors (Lipinski definition) is 1. The van der Waals surface area contributed by atoms with E-state index in [2.05, 4.69) is 15.4 Å². The first-order valence-electron chi connectivity index (χ1n) is 9.96. The van der Waals surface area contributed by atoms with Crippen LogP contribution < -0.4 is 5.32 Å². The van der Waals surface area contributed by atoms with Crippen LogP contribution in [0.4, 0.5) is 4.79 Å². The Morgan fingerprint density at radius 2 is 2.00 bits per heavy atom. The number of carbonyl (C=O) groups is 2. The summed E-state index contributed by atoms with van der Waals surface area (Å²) in [5.74, 6) is -0.186. The van der Waals surface area contributed by atoms with Gasteiger partial charge in [0, 0.05) is 24.5 Å². The molecular weight excluding hydrogens is 370 g/mol. The van der Waals surface area contributed by atoms with Crippen LogP contribution in [0, 0.1) is 6.92 Å². The molecule has 1 saturated carbocycles. The average molecular weight is 397 g/mol. The van der Waals surface area contributed by atoms with Gasteiger partial charge in [-0.1, -0.05) is 6.07 Å². The largest absolute Gasteiger partial charge is 0.444 e. The number of ether oxygens (including phenoxy) is 1. The van der Waals surface area contributed by atoms with Crippen LogP contribution in [-0.4, -0.2) is 43.8 Å². The lowest BCUT2D eigenvalue weighted by atomic mass is 10.1. The molecule has 8 heteroatoms. The normalized spacial score (nSPS) is 17.4. The van der Waals surface area contributed by atoms with E-state index in [0.29, 0.717) is 25.3 Å². The van der Waals surface area contributed by atoms with E-state index in [1.807, 2.05) is 44.5 Å². The van der Waals surface area contributed by atoms with Crippen LogP contribution in [0.5, 0.6) is 0 Å². The monoisotopic (exact) mass is 397 g/mol. The first-order chi connectivity index (χ1) is 13.7. The fourth-order valence-corrected chi connectivity index (χ4v) is 3.68. The summed E-state index contributed by atoms with van der Waals surface area (Å²) < 4.78 is 7.31. The summed E-state index contributed by atoms with van der Waals surface area (Å²) in [6, 6.07) is 3.87. The highest BCUT2D eigenvalue weighted by molar-refractivity contribution is 5.94. The molecule has 2 aromatic heterocycles. The molecule has 154 valence electrons. The molecule has 0 saturated heterocycles. The molecule has 2 amide bonds. The smallest absolute Gasteiger partial charge is 0.410 e. The van der Waals surface area contributed by atoms with Gasteiger partial charge in [0.1, 0.15) is 5.60 Å². The van der Waals surface area contributed by atoms with Gasteiger partial charge in [0.2, 0.25) is 0 Å². The van der Waals surface area contributed by atoms with E-state index in [1.54, 1.807) is 17.3 Å². The molecule has 1 aliphatic heterocycles. The highest BCUT2D eigenvalue weighted by atomic mass is 16.6. The molecule has 29 heavy (non-hydrogen) atoms. The molecule has 8 nitrogen and oxygen atoms in total. The Morgan fingerprint density at radius 1 is 1.24 bits per heavy atom. The zero-order valence-corrected chi connectivity index (χ0v) is 17.4. The Hall–Kier alpha value is -2.90. The Kier molecular flexibility index (Phi) is 4.59. The number of hydrogen-bond acceptors (Lipinski definition) is 5. The first-order valence-corrected chi connectivity index (χ1v) is 9.96. The minimum absolute atomic E-state index is 0.186. The van der Waals surface area contributed by atoms with Crippen molar-refractivity contribution in [2.24, 2.45) is 0 Å². The van der Waals surface area contributed by atoms with Crippen molar-refractivity contribution in [1.29, 1.82) is 0 Å². The van der Waals surface area contributed by atoms with Gasteiger partial charge in [0.25, 0.3) is 5.91 Å². The maximum Gasteiger partial charge on any atom is 0.410 e. The third-order valence-corrected chi connectivity index (χ3v) is 5.43. The van der Waals surface area contributed by atoms with Crippen LogP contribution in [0.15, 0.2) is 24.5 Å². The predicted octanol–water partition coefficient (Wildman–Crippen LogP) is 2.76. The zero-order chi connectivity index (χ0) is 20.8. The molecule has 2 aromatic rings. The van der Waals surface area contributed by atoms with Gasteiger partial charge >= 0.3 is 6.09 Å². The van der Waals surface area contributed by atoms with Gasteiger partial charge in [-0.15, -0.1) is 0 Å². The summed E-state index contributed by atoms with van der Waals surface area (Å²) in [6.45, 7) is 8.86. The second kappa shape index (κ2) is 6.86. The standard InChI is InChI=1S/C21H27N5O3/c1-14-16-13-25(19(28)29-20(2,3)4)10-11-26(16)24-17(14)18(27)23-21(7-8-21)15-6-5-9-22-12-15/h5-6,9,12H,7-8,10-11,13H2,1-4H3,(H,23,27). The molecule has 2 aliphatic rings. The van der Waals surface area contributed by atoms with Crippen molar-refractivity contribution in [3.63, 3.8) is 0 Å². The summed E-state index contributed by atoms with van der Waals surface area (Å²) >= 11 is 0. The van der Waals surface area contributed by atoms with Crippen molar-refractivity contribution >= 4 is 12.0 Å². The molecule has 1 fully saturated rings. The molecule has 3 heterocycles. The lowest BCUT2D eigenvalue weighted by molar-refractivity contribution is 0.0193. The summed E-state index contributed by atoms with van der Waals surface area (Å²) in [7, 11) is 0. The highest BCUT2D eigenvalue weighted by Crippen LogP contribution is 2.45. The molecule has 0 unspecified atom stereocenters. The van der Waals surface area contributed by atoms with Gasteiger partial charge in [-0.25, -0.2) is 4.79 Å². The minimum atomic E-state index is -0.542. The van der Waals surface area contributed by atoms with Crippen LogP contribution in [0.1, 0.15) is 60.9 Å². The molecular formula is C21H27N5O3. The Labute approximate surface area is 170 Å². The Balaban J connectivity index is 1.50. The third-order valence-electron chi connectivity index (χ3n) is 5.43. The van der Waals surface area contributed by atoms with Crippen molar-refractivity contribution in [3.8, 4) is 0 Å². The fourth-order valence-electron chi connectivity index (χ4n) is 3.68. The average Bonchev–Trinajstić information content (AvgIpc) is 3.38. The van der Waals surface area contributed by atoms with Crippen molar-refractivity contribution in [1.82, 2.24) is 25.0 Å². The molecule has 0 atom stereocenters. The van der Waals surface area contributed by atoms with Gasteiger partial charge in [-0.05, 0) is 52.2 Å². The van der Waals surface area contributed by atoms with Crippen molar-refractivity contribution in [2.75, 3.05) is 6.54 Å². The van der Waals surface area contributed by atoms with Crippen LogP contribution >= 0.6 is 0 Å². The van der Waals surface area contributed by atoms with Gasteiger partial charge in [0.15, 0.2) is 5.69 Å². The summed E-state index contributed by atoms with van der Waals surface area (Å²) in [5.41, 5.74) is 2.23. The van der Waals surface area contributed by atoms with Crippen LogP contribution in [-0.2, 0) is 23.4 Å². The zero-order valence-electron chi connectivity index (χ0n) is 17.4. The van der Waals surface area contributed by atoms with E-state index in [-0.39, 0.29) is 17.5 Å². The number of carbonyl (C=O) groups excluding carboxylic acids is 2. The van der Waals surface area contributed by atoms with Crippen LogP contribution in [0.25, 0.3) is 0 Å². The Bertz CT molecular complexity index is 941. The van der Waals surface area contributed by atoms with E-state index in [0.717, 1.165) is 29.7 Å². The Morgan fingerprint density at radius 3 is 2.62 bits per heavy atom. The number of pyridine rings is 1. The molecule has 0 spiro atoms. The van der Waals surface area contributed by atoms with Gasteiger partial charge in [0.05, 0.1) is 24.3 Å². The second-order valence-electron chi connectivity index (χ2n) is 8.82. The topological polar surface area (TPSA) is 89.4 Å². The van der Waals surface area contributed by atoms with Gasteiger partial charge < -0.3 is 15.0 Å². The maximum absolute atomic E-state index is 13.0. The SMILES string of the molecule is Cc1c(C(=O)NC2(c3cccnc3)CC2)nn2c1CN(C(=O)OC(C)(C)C)CC2. The molecule has 0 aromatic carbocycles. The molecule has 0 radical (unpaired) electrons. The van der Waals surface area contributed by atoms with Crippen LogP contribution in [0.2, 0.25) is 0 Å². The molecule has 4 rings (SSSR count). The number of nitrogens with one attached hydrogen (secondary N) is 1. The summed E-state index contributed by atoms with van der Waals surface area (Å²) in [4.78, 5) is 31.3. The summed E-state index contributed by atoms with van der Waals surface area (Å²) in [5, 5.41) is 7.69. The summed E-state index contributed by atoms with van der Waals surface area (Å²) in [6.07, 6.45) is 4.97. The van der Waals surface area contributed by atoms with Crippen molar-refractivity contribution in [2.45, 2.75) is 64.8 Å². The fraction of sp³-hybridized carbons (Fsp3) is 0.524. The lowest BCUT2D eigenvalue weighted by Gasteiger charge is -2.30. The van der Waals surface area contributed by atoms with E-state index < -0.39 is 5.60 Å². The van der Waals surface area contributed by atoms with E-state index in [9.17, 15) is 9.59 Å². The quantitative estimate of drug-likeness (QED) is 0.860. The molecule has 0 bridgehead atoms. The number of rotatable bonds is 3. The number of amides is 2. The third kappa shape index (κ3) is 3.83. The molecule has 1 aliphatic carbocycles. The number of aromatic nitrogens is 3. The number of fused-ring (bicyclic) bond motifs is 1. The first kappa shape index (κ1) is 19.4. The minimum Gasteiger partial charge on any atom is -0.444 e. The van der Waals surface area contributed by atoms with Gasteiger partial charge in [-0.3, -0.25) is 14.5 Å². The van der Waals surface area contributed by atoms with E-state index >= 15 is 0 Å². The second-order valence-corrected chi connectivity index (χ2v) is 8.82. The van der Waals surface area contributed by atoms with Gasteiger partial charge in [-0.2, -0.15) is 5.10 Å².